The fourth-order valence-electron chi connectivity index (χ4n) is 2.28. The standard InChI is InChI=1S/C15H14ClN3O/c1-19-13-6-4-10(16)8-12(13)18-15(19)9-3-5-11(17)14(7-9)20-2/h3-8H,17H2,1-2H3. The Labute approximate surface area is 121 Å². The normalized spacial score (nSPS) is 10.9. The molecule has 0 saturated carbocycles. The fourth-order valence-corrected chi connectivity index (χ4v) is 2.45. The van der Waals surface area contributed by atoms with Gasteiger partial charge >= 0.3 is 0 Å². The maximum Gasteiger partial charge on any atom is 0.142 e. The van der Waals surface area contributed by atoms with Crippen molar-refractivity contribution in [3.05, 3.63) is 41.4 Å². The molecule has 102 valence electrons. The second kappa shape index (κ2) is 4.72. The summed E-state index contributed by atoms with van der Waals surface area (Å²) in [6.45, 7) is 0. The first-order valence-corrected chi connectivity index (χ1v) is 6.54. The number of fused-ring (bicyclic) bond motifs is 1. The molecule has 3 aromatic rings. The molecule has 5 heteroatoms. The summed E-state index contributed by atoms with van der Waals surface area (Å²) in [5.41, 5.74) is 9.30. The van der Waals surface area contributed by atoms with E-state index >= 15 is 0 Å². The quantitative estimate of drug-likeness (QED) is 0.734. The molecule has 20 heavy (non-hydrogen) atoms. The lowest BCUT2D eigenvalue weighted by molar-refractivity contribution is 0.417. The highest BCUT2D eigenvalue weighted by Gasteiger charge is 2.11. The topological polar surface area (TPSA) is 53.1 Å². The molecule has 1 heterocycles. The Bertz CT molecular complexity index is 795. The predicted octanol–water partition coefficient (Wildman–Crippen LogP) is 3.48. The van der Waals surface area contributed by atoms with Crippen molar-refractivity contribution in [3.8, 4) is 17.1 Å². The van der Waals surface area contributed by atoms with Gasteiger partial charge in [-0.2, -0.15) is 0 Å². The molecule has 0 amide bonds. The van der Waals surface area contributed by atoms with E-state index in [0.717, 1.165) is 22.4 Å². The number of nitrogens with zero attached hydrogens (tertiary/aromatic N) is 2. The van der Waals surface area contributed by atoms with E-state index in [1.807, 2.05) is 48.0 Å². The number of hydrogen-bond acceptors (Lipinski definition) is 3. The molecule has 3 rings (SSSR count). The minimum absolute atomic E-state index is 0.609. The Morgan fingerprint density at radius 3 is 2.75 bits per heavy atom. The van der Waals surface area contributed by atoms with Crippen LogP contribution in [0.2, 0.25) is 5.02 Å². The van der Waals surface area contributed by atoms with Crippen LogP contribution in [0.15, 0.2) is 36.4 Å². The van der Waals surface area contributed by atoms with E-state index < -0.39 is 0 Å². The maximum atomic E-state index is 6.01. The van der Waals surface area contributed by atoms with Gasteiger partial charge in [-0.1, -0.05) is 11.6 Å². The van der Waals surface area contributed by atoms with Crippen LogP contribution in [-0.4, -0.2) is 16.7 Å². The van der Waals surface area contributed by atoms with E-state index in [4.69, 9.17) is 22.1 Å². The molecule has 1 aromatic heterocycles. The number of hydrogen-bond donors (Lipinski definition) is 1. The van der Waals surface area contributed by atoms with Gasteiger partial charge < -0.3 is 15.0 Å². The number of anilines is 1. The van der Waals surface area contributed by atoms with Crippen molar-refractivity contribution >= 4 is 28.3 Å². The number of halogens is 1. The monoisotopic (exact) mass is 287 g/mol. The van der Waals surface area contributed by atoms with E-state index in [2.05, 4.69) is 4.98 Å². The van der Waals surface area contributed by atoms with E-state index in [9.17, 15) is 0 Å². The summed E-state index contributed by atoms with van der Waals surface area (Å²) in [5.74, 6) is 1.49. The molecule has 0 aliphatic carbocycles. The molecule has 0 aliphatic heterocycles. The zero-order chi connectivity index (χ0) is 14.3. The van der Waals surface area contributed by atoms with Gasteiger partial charge in [0.1, 0.15) is 11.6 Å². The van der Waals surface area contributed by atoms with Crippen molar-refractivity contribution in [1.29, 1.82) is 0 Å². The number of aryl methyl sites for hydroxylation is 1. The van der Waals surface area contributed by atoms with Gasteiger partial charge in [-0.15, -0.1) is 0 Å². The van der Waals surface area contributed by atoms with E-state index in [1.165, 1.54) is 0 Å². The van der Waals surface area contributed by atoms with Crippen molar-refractivity contribution in [2.75, 3.05) is 12.8 Å². The molecule has 0 bridgehead atoms. The number of aromatic nitrogens is 2. The molecule has 0 atom stereocenters. The summed E-state index contributed by atoms with van der Waals surface area (Å²) in [7, 11) is 3.57. The number of ether oxygens (including phenoxy) is 1. The Balaban J connectivity index is 2.21. The van der Waals surface area contributed by atoms with Crippen LogP contribution >= 0.6 is 11.6 Å². The van der Waals surface area contributed by atoms with Crippen LogP contribution in [0.4, 0.5) is 5.69 Å². The number of nitrogen functional groups attached to an aromatic ring is 1. The Morgan fingerprint density at radius 1 is 1.20 bits per heavy atom. The Hall–Kier alpha value is -2.20. The molecule has 0 fully saturated rings. The van der Waals surface area contributed by atoms with E-state index in [-0.39, 0.29) is 0 Å². The van der Waals surface area contributed by atoms with Gasteiger partial charge in [-0.05, 0) is 36.4 Å². The molecule has 0 saturated heterocycles. The summed E-state index contributed by atoms with van der Waals surface area (Å²) in [6, 6.07) is 11.3. The van der Waals surface area contributed by atoms with Crippen molar-refractivity contribution in [1.82, 2.24) is 9.55 Å². The highest BCUT2D eigenvalue weighted by Crippen LogP contribution is 2.30. The van der Waals surface area contributed by atoms with Gasteiger partial charge in [-0.25, -0.2) is 4.98 Å². The zero-order valence-corrected chi connectivity index (χ0v) is 12.0. The molecule has 2 N–H and O–H groups in total. The van der Waals surface area contributed by atoms with Crippen molar-refractivity contribution in [2.24, 2.45) is 7.05 Å². The van der Waals surface area contributed by atoms with Crippen LogP contribution in [0.25, 0.3) is 22.4 Å². The van der Waals surface area contributed by atoms with Crippen LogP contribution in [0.5, 0.6) is 5.75 Å². The highest BCUT2D eigenvalue weighted by atomic mass is 35.5. The average molecular weight is 288 g/mol. The van der Waals surface area contributed by atoms with Gasteiger partial charge in [0, 0.05) is 17.6 Å². The molecule has 4 nitrogen and oxygen atoms in total. The summed E-state index contributed by atoms with van der Waals surface area (Å²) in [5, 5.41) is 0.678. The number of imidazole rings is 1. The van der Waals surface area contributed by atoms with E-state index in [0.29, 0.717) is 16.5 Å². The van der Waals surface area contributed by atoms with Crippen molar-refractivity contribution in [2.45, 2.75) is 0 Å². The molecule has 2 aromatic carbocycles. The van der Waals surface area contributed by atoms with Crippen LogP contribution < -0.4 is 10.5 Å². The first-order chi connectivity index (χ1) is 9.60. The zero-order valence-electron chi connectivity index (χ0n) is 11.2. The van der Waals surface area contributed by atoms with Gasteiger partial charge in [0.25, 0.3) is 0 Å². The smallest absolute Gasteiger partial charge is 0.142 e. The second-order valence-electron chi connectivity index (χ2n) is 4.58. The van der Waals surface area contributed by atoms with Crippen LogP contribution in [0.1, 0.15) is 0 Å². The molecular formula is C15H14ClN3O. The molecule has 0 aliphatic rings. The number of rotatable bonds is 2. The van der Waals surface area contributed by atoms with Crippen LogP contribution in [0.3, 0.4) is 0 Å². The predicted molar refractivity (Wildman–Crippen MR) is 82.1 cm³/mol. The maximum absolute atomic E-state index is 6.01. The number of methoxy groups -OCH3 is 1. The SMILES string of the molecule is COc1cc(-c2nc3cc(Cl)ccc3n2C)ccc1N. The number of benzene rings is 2. The largest absolute Gasteiger partial charge is 0.495 e. The lowest BCUT2D eigenvalue weighted by Crippen LogP contribution is -1.96. The first-order valence-electron chi connectivity index (χ1n) is 6.16. The molecular weight excluding hydrogens is 274 g/mol. The third kappa shape index (κ3) is 1.98. The van der Waals surface area contributed by atoms with Crippen LogP contribution in [-0.2, 0) is 7.05 Å². The molecule has 0 spiro atoms. The minimum atomic E-state index is 0.609. The summed E-state index contributed by atoms with van der Waals surface area (Å²) < 4.78 is 7.28. The fraction of sp³-hybridized carbons (Fsp3) is 0.133. The van der Waals surface area contributed by atoms with Gasteiger partial charge in [-0.3, -0.25) is 0 Å². The third-order valence-corrected chi connectivity index (χ3v) is 3.57. The Kier molecular flexibility index (Phi) is 3.03. The lowest BCUT2D eigenvalue weighted by atomic mass is 10.2. The molecule has 0 radical (unpaired) electrons. The summed E-state index contributed by atoms with van der Waals surface area (Å²) in [4.78, 5) is 4.63. The summed E-state index contributed by atoms with van der Waals surface area (Å²) in [6.07, 6.45) is 0. The average Bonchev–Trinajstić information content (AvgIpc) is 2.76. The van der Waals surface area contributed by atoms with Gasteiger partial charge in [0.05, 0.1) is 23.8 Å². The third-order valence-electron chi connectivity index (χ3n) is 3.33. The van der Waals surface area contributed by atoms with Crippen molar-refractivity contribution < 1.29 is 4.74 Å². The summed E-state index contributed by atoms with van der Waals surface area (Å²) >= 11 is 6.01. The van der Waals surface area contributed by atoms with Crippen molar-refractivity contribution in [3.63, 3.8) is 0 Å². The van der Waals surface area contributed by atoms with Gasteiger partial charge in [0.15, 0.2) is 0 Å². The highest BCUT2D eigenvalue weighted by molar-refractivity contribution is 6.31. The lowest BCUT2D eigenvalue weighted by Gasteiger charge is -2.07. The van der Waals surface area contributed by atoms with Crippen LogP contribution in [0, 0.1) is 0 Å². The molecule has 0 unspecified atom stereocenters. The Morgan fingerprint density at radius 2 is 2.00 bits per heavy atom. The minimum Gasteiger partial charge on any atom is -0.495 e. The number of nitrogens with two attached hydrogens (primary N) is 1. The van der Waals surface area contributed by atoms with Gasteiger partial charge in [0.2, 0.25) is 0 Å². The second-order valence-corrected chi connectivity index (χ2v) is 5.02. The first kappa shape index (κ1) is 12.8. The van der Waals surface area contributed by atoms with E-state index in [1.54, 1.807) is 7.11 Å².